The van der Waals surface area contributed by atoms with Crippen LogP contribution in [0.1, 0.15) is 52.9 Å². The second-order valence-electron chi connectivity index (χ2n) is 3.17. The summed E-state index contributed by atoms with van der Waals surface area (Å²) in [5, 5.41) is 0. The Morgan fingerprint density at radius 1 is 1.36 bits per heavy atom. The van der Waals surface area contributed by atoms with Crippen LogP contribution in [-0.4, -0.2) is 5.78 Å². The molecule has 1 aliphatic rings. The molecule has 0 aliphatic heterocycles. The molecule has 11 heavy (non-hydrogen) atoms. The van der Waals surface area contributed by atoms with Gasteiger partial charge in [-0.15, -0.1) is 0 Å². The van der Waals surface area contributed by atoms with Crippen LogP contribution in [0.25, 0.3) is 0 Å². The van der Waals surface area contributed by atoms with E-state index in [1.807, 2.05) is 0 Å². The lowest BCUT2D eigenvalue weighted by Gasteiger charge is -1.98. The van der Waals surface area contributed by atoms with Crippen LogP contribution in [0.3, 0.4) is 0 Å². The number of rotatable bonds is 1. The fraction of sp³-hybridized carbons (Fsp3) is 0.900. The average Bonchev–Trinajstić information content (AvgIpc) is 2.36. The fourth-order valence-electron chi connectivity index (χ4n) is 1.32. The van der Waals surface area contributed by atoms with E-state index in [4.69, 9.17) is 0 Å². The van der Waals surface area contributed by atoms with Crippen molar-refractivity contribution in [2.45, 2.75) is 52.9 Å². The Balaban J connectivity index is 0.000000292. The van der Waals surface area contributed by atoms with E-state index in [0.717, 1.165) is 25.7 Å². The van der Waals surface area contributed by atoms with Gasteiger partial charge in [-0.3, -0.25) is 4.79 Å². The molecule has 0 spiro atoms. The van der Waals surface area contributed by atoms with E-state index >= 15 is 0 Å². The fourth-order valence-corrected chi connectivity index (χ4v) is 1.32. The molecule has 1 saturated carbocycles. The molecule has 1 nitrogen and oxygen atoms in total. The van der Waals surface area contributed by atoms with Crippen LogP contribution in [-0.2, 0) is 4.79 Å². The molecule has 1 atom stereocenters. The maximum absolute atomic E-state index is 10.8. The summed E-state index contributed by atoms with van der Waals surface area (Å²) in [5.41, 5.74) is 0. The average molecular weight is 156 g/mol. The minimum Gasteiger partial charge on any atom is -0.299 e. The maximum Gasteiger partial charge on any atom is 0.135 e. The van der Waals surface area contributed by atoms with E-state index in [1.54, 1.807) is 0 Å². The zero-order valence-electron chi connectivity index (χ0n) is 8.02. The van der Waals surface area contributed by atoms with Crippen LogP contribution in [0, 0.1) is 5.92 Å². The van der Waals surface area contributed by atoms with Crippen LogP contribution in [0.2, 0.25) is 0 Å². The Labute approximate surface area is 70.2 Å². The summed E-state index contributed by atoms with van der Waals surface area (Å²) in [7, 11) is 0. The summed E-state index contributed by atoms with van der Waals surface area (Å²) in [6.45, 7) is 6.34. The predicted molar refractivity (Wildman–Crippen MR) is 48.6 cm³/mol. The van der Waals surface area contributed by atoms with E-state index in [-0.39, 0.29) is 0 Å². The minimum atomic E-state index is 0.426. The molecule has 0 bridgehead atoms. The molecule has 1 fully saturated rings. The first kappa shape index (κ1) is 10.7. The van der Waals surface area contributed by atoms with Crippen molar-refractivity contribution < 1.29 is 4.79 Å². The Kier molecular flexibility index (Phi) is 6.19. The van der Waals surface area contributed by atoms with E-state index < -0.39 is 0 Å². The molecule has 1 unspecified atom stereocenters. The number of carbonyl (C=O) groups is 1. The van der Waals surface area contributed by atoms with Crippen molar-refractivity contribution in [3.63, 3.8) is 0 Å². The molecule has 1 aliphatic carbocycles. The molecule has 0 aromatic rings. The maximum atomic E-state index is 10.8. The second kappa shape index (κ2) is 6.38. The molecule has 66 valence electrons. The highest BCUT2D eigenvalue weighted by molar-refractivity contribution is 5.82. The summed E-state index contributed by atoms with van der Waals surface area (Å²) >= 11 is 0. The van der Waals surface area contributed by atoms with Gasteiger partial charge in [-0.2, -0.15) is 0 Å². The summed E-state index contributed by atoms with van der Waals surface area (Å²) in [4.78, 5) is 10.8. The Bertz CT molecular complexity index is 107. The zero-order valence-corrected chi connectivity index (χ0v) is 8.02. The van der Waals surface area contributed by atoms with Crippen molar-refractivity contribution in [1.82, 2.24) is 0 Å². The van der Waals surface area contributed by atoms with E-state index in [2.05, 4.69) is 20.8 Å². The Morgan fingerprint density at radius 3 is 2.09 bits per heavy atom. The molecular weight excluding hydrogens is 136 g/mol. The van der Waals surface area contributed by atoms with Crippen molar-refractivity contribution in [3.8, 4) is 0 Å². The quantitative estimate of drug-likeness (QED) is 0.570. The molecule has 0 saturated heterocycles. The first-order chi connectivity index (χ1) is 5.26. The van der Waals surface area contributed by atoms with E-state index in [9.17, 15) is 4.79 Å². The summed E-state index contributed by atoms with van der Waals surface area (Å²) in [6, 6.07) is 0. The number of hydrogen-bond acceptors (Lipinski definition) is 1. The number of carbonyl (C=O) groups excluding carboxylic acids is 1. The van der Waals surface area contributed by atoms with E-state index in [1.165, 1.54) is 6.42 Å². The number of Topliss-reactive ketones (excluding diaryl/α,β-unsaturated/α-hetero) is 1. The monoisotopic (exact) mass is 156 g/mol. The van der Waals surface area contributed by atoms with Crippen molar-refractivity contribution in [2.75, 3.05) is 0 Å². The summed E-state index contributed by atoms with van der Waals surface area (Å²) < 4.78 is 0. The number of ketones is 1. The van der Waals surface area contributed by atoms with Gasteiger partial charge in [0.15, 0.2) is 0 Å². The molecule has 1 rings (SSSR count). The van der Waals surface area contributed by atoms with Gasteiger partial charge in [0.05, 0.1) is 0 Å². The molecule has 0 heterocycles. The zero-order chi connectivity index (χ0) is 8.69. The lowest BCUT2D eigenvalue weighted by atomic mass is 10.1. The molecule has 0 radical (unpaired) electrons. The highest BCUT2D eigenvalue weighted by atomic mass is 16.1. The van der Waals surface area contributed by atoms with Gasteiger partial charge in [0.1, 0.15) is 5.78 Å². The lowest BCUT2D eigenvalue weighted by molar-refractivity contribution is -0.120. The van der Waals surface area contributed by atoms with Gasteiger partial charge in [0, 0.05) is 12.3 Å². The van der Waals surface area contributed by atoms with Gasteiger partial charge in [-0.05, 0) is 19.3 Å². The van der Waals surface area contributed by atoms with Crippen molar-refractivity contribution >= 4 is 5.78 Å². The summed E-state index contributed by atoms with van der Waals surface area (Å²) in [5.74, 6) is 0.919. The predicted octanol–water partition coefficient (Wildman–Crippen LogP) is 3.18. The summed E-state index contributed by atoms with van der Waals surface area (Å²) in [6.07, 6.45) is 5.43. The van der Waals surface area contributed by atoms with Crippen LogP contribution in [0.15, 0.2) is 0 Å². The highest BCUT2D eigenvalue weighted by Gasteiger charge is 2.21. The van der Waals surface area contributed by atoms with Crippen molar-refractivity contribution in [1.29, 1.82) is 0 Å². The minimum absolute atomic E-state index is 0.426. The third kappa shape index (κ3) is 4.18. The SMILES string of the molecule is CCC.CCC1CCCC1=O. The molecule has 0 N–H and O–H groups in total. The third-order valence-electron chi connectivity index (χ3n) is 1.92. The molecule has 0 aromatic carbocycles. The molecular formula is C10H20O. The number of hydrogen-bond donors (Lipinski definition) is 0. The van der Waals surface area contributed by atoms with Gasteiger partial charge in [-0.1, -0.05) is 27.2 Å². The molecule has 0 amide bonds. The van der Waals surface area contributed by atoms with Crippen LogP contribution in [0.4, 0.5) is 0 Å². The van der Waals surface area contributed by atoms with Crippen LogP contribution in [0.5, 0.6) is 0 Å². The third-order valence-corrected chi connectivity index (χ3v) is 1.92. The van der Waals surface area contributed by atoms with Gasteiger partial charge in [0.25, 0.3) is 0 Å². The van der Waals surface area contributed by atoms with Crippen molar-refractivity contribution in [3.05, 3.63) is 0 Å². The Morgan fingerprint density at radius 2 is 1.91 bits per heavy atom. The second-order valence-corrected chi connectivity index (χ2v) is 3.17. The first-order valence-corrected chi connectivity index (χ1v) is 4.78. The van der Waals surface area contributed by atoms with Gasteiger partial charge < -0.3 is 0 Å². The first-order valence-electron chi connectivity index (χ1n) is 4.78. The Hall–Kier alpha value is -0.330. The largest absolute Gasteiger partial charge is 0.299 e. The standard InChI is InChI=1S/C7H12O.C3H8/c1-2-6-4-3-5-7(6)8;1-3-2/h6H,2-5H2,1H3;3H2,1-2H3. The van der Waals surface area contributed by atoms with Gasteiger partial charge in [0.2, 0.25) is 0 Å². The lowest BCUT2D eigenvalue weighted by Crippen LogP contribution is -2.03. The van der Waals surface area contributed by atoms with Crippen LogP contribution >= 0.6 is 0 Å². The smallest absolute Gasteiger partial charge is 0.135 e. The van der Waals surface area contributed by atoms with Crippen LogP contribution < -0.4 is 0 Å². The van der Waals surface area contributed by atoms with E-state index in [0.29, 0.717) is 11.7 Å². The van der Waals surface area contributed by atoms with Gasteiger partial charge in [-0.25, -0.2) is 0 Å². The topological polar surface area (TPSA) is 17.1 Å². The van der Waals surface area contributed by atoms with Gasteiger partial charge >= 0.3 is 0 Å². The molecule has 1 heteroatoms. The molecule has 0 aromatic heterocycles. The highest BCUT2D eigenvalue weighted by Crippen LogP contribution is 2.23. The van der Waals surface area contributed by atoms with Crippen molar-refractivity contribution in [2.24, 2.45) is 5.92 Å². The normalized spacial score (nSPS) is 22.8.